The van der Waals surface area contributed by atoms with Crippen LogP contribution in [0.5, 0.6) is 0 Å². The lowest BCUT2D eigenvalue weighted by Crippen LogP contribution is -2.43. The van der Waals surface area contributed by atoms with E-state index in [1.54, 1.807) is 20.8 Å². The van der Waals surface area contributed by atoms with Crippen LogP contribution in [-0.4, -0.2) is 18.9 Å². The third-order valence-electron chi connectivity index (χ3n) is 1.50. The second-order valence-corrected chi connectivity index (χ2v) is 5.85. The fraction of sp³-hybridized carbons (Fsp3) is 0.444. The number of nitrogens with one attached hydrogen (secondary N) is 2. The third-order valence-corrected chi connectivity index (χ3v) is 2.87. The lowest BCUT2D eigenvalue weighted by Gasteiger charge is -2.20. The van der Waals surface area contributed by atoms with Gasteiger partial charge in [-0.1, -0.05) is 0 Å². The van der Waals surface area contributed by atoms with Crippen LogP contribution < -0.4 is 9.44 Å². The van der Waals surface area contributed by atoms with Gasteiger partial charge in [-0.2, -0.15) is 26.9 Å². The quantitative estimate of drug-likeness (QED) is 0.812. The van der Waals surface area contributed by atoms with Gasteiger partial charge in [0.05, 0.1) is 0 Å². The Balaban J connectivity index is 2.91. The monoisotopic (exact) mass is 265 g/mol. The molecule has 0 radical (unpaired) electrons. The number of rotatable bonds is 3. The summed E-state index contributed by atoms with van der Waals surface area (Å²) in [4.78, 5) is 2.87. The maximum Gasteiger partial charge on any atom is 0.299 e. The van der Waals surface area contributed by atoms with Gasteiger partial charge in [0, 0.05) is 5.54 Å². The molecule has 0 aliphatic carbocycles. The zero-order valence-electron chi connectivity index (χ0n) is 9.58. The van der Waals surface area contributed by atoms with Crippen molar-refractivity contribution < 1.29 is 17.2 Å². The van der Waals surface area contributed by atoms with Gasteiger partial charge < -0.3 is 0 Å². The van der Waals surface area contributed by atoms with Gasteiger partial charge in [0.2, 0.25) is 11.9 Å². The van der Waals surface area contributed by atoms with E-state index in [4.69, 9.17) is 0 Å². The summed E-state index contributed by atoms with van der Waals surface area (Å²) >= 11 is 0. The van der Waals surface area contributed by atoms with Gasteiger partial charge in [-0.05, 0) is 32.9 Å². The average molecular weight is 265 g/mol. The number of nitrogens with zero attached hydrogens (tertiary/aromatic N) is 1. The predicted octanol–water partition coefficient (Wildman–Crippen LogP) is 1.40. The van der Waals surface area contributed by atoms with Gasteiger partial charge in [0.25, 0.3) is 10.2 Å². The van der Waals surface area contributed by atoms with Crippen molar-refractivity contribution in [3.8, 4) is 0 Å². The van der Waals surface area contributed by atoms with Crippen molar-refractivity contribution in [1.82, 2.24) is 9.71 Å². The largest absolute Gasteiger partial charge is 0.299 e. The Morgan fingerprint density at radius 1 is 1.24 bits per heavy atom. The summed E-state index contributed by atoms with van der Waals surface area (Å²) in [6.45, 7) is 4.89. The van der Waals surface area contributed by atoms with E-state index in [1.165, 1.54) is 0 Å². The van der Waals surface area contributed by atoms with Crippen LogP contribution in [0.15, 0.2) is 12.1 Å². The molecule has 96 valence electrons. The van der Waals surface area contributed by atoms with E-state index in [2.05, 4.69) is 9.71 Å². The minimum Gasteiger partial charge on any atom is -0.266 e. The van der Waals surface area contributed by atoms with E-state index >= 15 is 0 Å². The van der Waals surface area contributed by atoms with Crippen LogP contribution >= 0.6 is 0 Å². The molecular formula is C9H13F2N3O2S. The molecular weight excluding hydrogens is 252 g/mol. The highest BCUT2D eigenvalue weighted by Crippen LogP contribution is 2.13. The zero-order chi connectivity index (χ0) is 13.3. The van der Waals surface area contributed by atoms with Crippen molar-refractivity contribution in [3.05, 3.63) is 24.0 Å². The second kappa shape index (κ2) is 4.53. The van der Waals surface area contributed by atoms with Crippen molar-refractivity contribution in [2.75, 3.05) is 4.72 Å². The van der Waals surface area contributed by atoms with E-state index < -0.39 is 33.3 Å². The van der Waals surface area contributed by atoms with E-state index in [-0.39, 0.29) is 0 Å². The number of anilines is 1. The second-order valence-electron chi connectivity index (χ2n) is 4.43. The van der Waals surface area contributed by atoms with E-state index in [1.807, 2.05) is 4.72 Å². The summed E-state index contributed by atoms with van der Waals surface area (Å²) < 4.78 is 52.9. The topological polar surface area (TPSA) is 71.1 Å². The molecule has 0 atom stereocenters. The predicted molar refractivity (Wildman–Crippen MR) is 59.6 cm³/mol. The fourth-order valence-corrected chi connectivity index (χ4v) is 2.36. The van der Waals surface area contributed by atoms with Gasteiger partial charge in [0.15, 0.2) is 0 Å². The minimum absolute atomic E-state index is 0.414. The Bertz CT molecular complexity index is 511. The van der Waals surface area contributed by atoms with Crippen molar-refractivity contribution in [2.24, 2.45) is 0 Å². The van der Waals surface area contributed by atoms with Crippen molar-refractivity contribution in [1.29, 1.82) is 0 Å². The van der Waals surface area contributed by atoms with Crippen LogP contribution in [0.1, 0.15) is 20.8 Å². The molecule has 1 rings (SSSR count). The Morgan fingerprint density at radius 2 is 1.82 bits per heavy atom. The lowest BCUT2D eigenvalue weighted by atomic mass is 10.1. The average Bonchev–Trinajstić information content (AvgIpc) is 2.05. The van der Waals surface area contributed by atoms with Gasteiger partial charge in [-0.25, -0.2) is 0 Å². The normalized spacial score (nSPS) is 12.5. The van der Waals surface area contributed by atoms with Crippen LogP contribution in [0.4, 0.5) is 14.5 Å². The van der Waals surface area contributed by atoms with Crippen molar-refractivity contribution >= 4 is 15.9 Å². The molecule has 0 unspecified atom stereocenters. The molecule has 17 heavy (non-hydrogen) atoms. The summed E-state index contributed by atoms with van der Waals surface area (Å²) in [7, 11) is -3.93. The zero-order valence-corrected chi connectivity index (χ0v) is 10.4. The molecule has 2 N–H and O–H groups in total. The highest BCUT2D eigenvalue weighted by molar-refractivity contribution is 7.90. The van der Waals surface area contributed by atoms with E-state index in [9.17, 15) is 17.2 Å². The van der Waals surface area contributed by atoms with Crippen molar-refractivity contribution in [2.45, 2.75) is 26.3 Å². The summed E-state index contributed by atoms with van der Waals surface area (Å²) in [6.07, 6.45) is 0. The molecule has 0 spiro atoms. The highest BCUT2D eigenvalue weighted by Gasteiger charge is 2.21. The summed E-state index contributed by atoms with van der Waals surface area (Å²) in [5.41, 5.74) is -1.13. The molecule has 0 aliphatic rings. The molecule has 0 aromatic carbocycles. The van der Waals surface area contributed by atoms with Crippen LogP contribution in [-0.2, 0) is 10.2 Å². The Labute approximate surface area is 98.4 Å². The first-order valence-electron chi connectivity index (χ1n) is 4.73. The molecule has 8 heteroatoms. The Kier molecular flexibility index (Phi) is 3.68. The Morgan fingerprint density at radius 3 is 2.29 bits per heavy atom. The fourth-order valence-electron chi connectivity index (χ4n) is 1.06. The molecule has 0 aliphatic heterocycles. The van der Waals surface area contributed by atoms with Gasteiger partial charge in [0.1, 0.15) is 5.69 Å². The first-order valence-corrected chi connectivity index (χ1v) is 6.21. The van der Waals surface area contributed by atoms with E-state index in [0.29, 0.717) is 0 Å². The maximum absolute atomic E-state index is 13.1. The lowest BCUT2D eigenvalue weighted by molar-refractivity contribution is 0.492. The number of hydrogen-bond acceptors (Lipinski definition) is 3. The maximum atomic E-state index is 13.1. The first-order chi connectivity index (χ1) is 7.59. The number of hydrogen-bond donors (Lipinski definition) is 2. The molecule has 0 saturated heterocycles. The number of halogens is 2. The SMILES string of the molecule is CC(C)(C)NS(=O)(=O)Nc1ccc(F)nc1F. The van der Waals surface area contributed by atoms with Crippen LogP contribution in [0, 0.1) is 11.9 Å². The third kappa shape index (κ3) is 4.61. The summed E-state index contributed by atoms with van der Waals surface area (Å²) in [5.74, 6) is -2.24. The number of pyridine rings is 1. The molecule has 5 nitrogen and oxygen atoms in total. The molecule has 1 heterocycles. The van der Waals surface area contributed by atoms with Crippen LogP contribution in [0.3, 0.4) is 0 Å². The molecule has 0 bridgehead atoms. The van der Waals surface area contributed by atoms with Crippen LogP contribution in [0.2, 0.25) is 0 Å². The van der Waals surface area contributed by atoms with E-state index in [0.717, 1.165) is 12.1 Å². The molecule has 0 amide bonds. The molecule has 1 aromatic heterocycles. The van der Waals surface area contributed by atoms with Gasteiger partial charge in [-0.15, -0.1) is 0 Å². The standard InChI is InChI=1S/C9H13F2N3O2S/c1-9(2,3)14-17(15,16)13-6-4-5-7(10)12-8(6)11/h4-5,13-14H,1-3H3. The molecule has 0 fully saturated rings. The molecule has 0 saturated carbocycles. The number of aromatic nitrogens is 1. The minimum atomic E-state index is -3.93. The summed E-state index contributed by atoms with van der Waals surface area (Å²) in [5, 5.41) is 0. The Hall–Kier alpha value is -1.28. The molecule has 1 aromatic rings. The highest BCUT2D eigenvalue weighted by atomic mass is 32.2. The summed E-state index contributed by atoms with van der Waals surface area (Å²) in [6, 6.07) is 1.82. The first kappa shape index (κ1) is 13.8. The van der Waals surface area contributed by atoms with Crippen molar-refractivity contribution in [3.63, 3.8) is 0 Å². The van der Waals surface area contributed by atoms with Gasteiger partial charge in [-0.3, -0.25) is 4.72 Å². The van der Waals surface area contributed by atoms with Crippen LogP contribution in [0.25, 0.3) is 0 Å². The van der Waals surface area contributed by atoms with Gasteiger partial charge >= 0.3 is 0 Å². The smallest absolute Gasteiger partial charge is 0.266 e.